The van der Waals surface area contributed by atoms with Gasteiger partial charge in [0.2, 0.25) is 0 Å². The minimum Gasteiger partial charge on any atom is -0.386 e. The summed E-state index contributed by atoms with van der Waals surface area (Å²) in [5.41, 5.74) is -0.198. The summed E-state index contributed by atoms with van der Waals surface area (Å²) < 4.78 is 27.3. The van der Waals surface area contributed by atoms with Gasteiger partial charge >= 0.3 is 0 Å². The first kappa shape index (κ1) is 12.0. The molecule has 0 aromatic heterocycles. The normalized spacial score (nSPS) is 32.5. The fraction of sp³-hybridized carbons (Fsp3) is 0.538. The summed E-state index contributed by atoms with van der Waals surface area (Å²) in [6.45, 7) is 4.34. The van der Waals surface area contributed by atoms with Crippen LogP contribution in [-0.4, -0.2) is 53.7 Å². The van der Waals surface area contributed by atoms with Gasteiger partial charge in [-0.25, -0.2) is 8.78 Å². The van der Waals surface area contributed by atoms with Crippen molar-refractivity contribution < 1.29 is 13.9 Å². The third-order valence-electron chi connectivity index (χ3n) is 3.98. The molecule has 5 heteroatoms. The number of hydrogen-bond acceptors (Lipinski definition) is 3. The minimum absolute atomic E-state index is 0.198. The molecule has 0 aliphatic carbocycles. The quantitative estimate of drug-likeness (QED) is 0.853. The predicted molar refractivity (Wildman–Crippen MR) is 63.1 cm³/mol. The molecule has 1 aromatic rings. The van der Waals surface area contributed by atoms with E-state index < -0.39 is 17.7 Å². The number of rotatable bonds is 2. The van der Waals surface area contributed by atoms with E-state index in [9.17, 15) is 13.9 Å². The van der Waals surface area contributed by atoms with Gasteiger partial charge < -0.3 is 5.11 Å². The van der Waals surface area contributed by atoms with Crippen molar-refractivity contribution >= 4 is 0 Å². The Bertz CT molecular complexity index is 426. The Kier molecular flexibility index (Phi) is 3.05. The van der Waals surface area contributed by atoms with E-state index in [1.54, 1.807) is 0 Å². The van der Waals surface area contributed by atoms with Crippen LogP contribution in [0.25, 0.3) is 0 Å². The number of aliphatic hydroxyl groups excluding tert-OH is 1. The van der Waals surface area contributed by atoms with Gasteiger partial charge in [0.1, 0.15) is 17.7 Å². The summed E-state index contributed by atoms with van der Waals surface area (Å²) in [6, 6.07) is 3.49. The van der Waals surface area contributed by atoms with Crippen LogP contribution in [0.3, 0.4) is 0 Å². The highest BCUT2D eigenvalue weighted by atomic mass is 19.1. The van der Waals surface area contributed by atoms with E-state index in [1.165, 1.54) is 18.2 Å². The van der Waals surface area contributed by atoms with Crippen LogP contribution in [0.1, 0.15) is 11.7 Å². The largest absolute Gasteiger partial charge is 0.386 e. The number of hydrogen-bond donors (Lipinski definition) is 1. The SMILES string of the molecule is OC(c1c(F)cccc1F)C1CN2CCN1CC2. The Labute approximate surface area is 105 Å². The van der Waals surface area contributed by atoms with Crippen LogP contribution < -0.4 is 0 Å². The smallest absolute Gasteiger partial charge is 0.132 e. The zero-order valence-corrected chi connectivity index (χ0v) is 10.0. The number of nitrogens with zero attached hydrogens (tertiary/aromatic N) is 2. The Morgan fingerprint density at radius 3 is 2.22 bits per heavy atom. The molecule has 2 unspecified atom stereocenters. The standard InChI is InChI=1S/C13H16F2N2O/c14-9-2-1-3-10(15)12(9)13(18)11-8-16-4-6-17(11)7-5-16/h1-3,11,13,18H,4-8H2. The van der Waals surface area contributed by atoms with E-state index in [0.29, 0.717) is 6.54 Å². The van der Waals surface area contributed by atoms with Crippen molar-refractivity contribution in [3.63, 3.8) is 0 Å². The maximum atomic E-state index is 13.7. The maximum absolute atomic E-state index is 13.7. The summed E-state index contributed by atoms with van der Waals surface area (Å²) in [6.07, 6.45) is -1.10. The van der Waals surface area contributed by atoms with Gasteiger partial charge in [-0.1, -0.05) is 6.07 Å². The maximum Gasteiger partial charge on any atom is 0.132 e. The second-order valence-corrected chi connectivity index (χ2v) is 4.98. The van der Waals surface area contributed by atoms with Crippen molar-refractivity contribution in [3.8, 4) is 0 Å². The molecule has 2 atom stereocenters. The first-order chi connectivity index (χ1) is 8.66. The third-order valence-corrected chi connectivity index (χ3v) is 3.98. The molecule has 3 aliphatic heterocycles. The molecule has 0 saturated carbocycles. The summed E-state index contributed by atoms with van der Waals surface area (Å²) in [5, 5.41) is 10.3. The van der Waals surface area contributed by atoms with Crippen LogP contribution in [0.15, 0.2) is 18.2 Å². The number of benzene rings is 1. The van der Waals surface area contributed by atoms with Gasteiger partial charge in [-0.3, -0.25) is 9.80 Å². The summed E-state index contributed by atoms with van der Waals surface area (Å²) in [5.74, 6) is -1.33. The van der Waals surface area contributed by atoms with Crippen LogP contribution in [0.4, 0.5) is 8.78 Å². The van der Waals surface area contributed by atoms with E-state index in [2.05, 4.69) is 9.80 Å². The van der Waals surface area contributed by atoms with Gasteiger partial charge in [0.15, 0.2) is 0 Å². The summed E-state index contributed by atoms with van der Waals surface area (Å²) in [7, 11) is 0. The molecular formula is C13H16F2N2O. The minimum atomic E-state index is -1.10. The zero-order chi connectivity index (χ0) is 12.7. The van der Waals surface area contributed by atoms with Crippen molar-refractivity contribution in [1.29, 1.82) is 0 Å². The van der Waals surface area contributed by atoms with Gasteiger partial charge in [0.05, 0.1) is 11.6 Å². The van der Waals surface area contributed by atoms with Gasteiger partial charge in [0.25, 0.3) is 0 Å². The molecule has 98 valence electrons. The molecule has 4 rings (SSSR count). The predicted octanol–water partition coefficient (Wildman–Crippen LogP) is 0.998. The molecule has 0 amide bonds. The monoisotopic (exact) mass is 254 g/mol. The molecule has 3 aliphatic rings. The van der Waals surface area contributed by atoms with Gasteiger partial charge in [-0.15, -0.1) is 0 Å². The van der Waals surface area contributed by atoms with Crippen molar-refractivity contribution in [3.05, 3.63) is 35.4 Å². The van der Waals surface area contributed by atoms with E-state index in [-0.39, 0.29) is 11.6 Å². The van der Waals surface area contributed by atoms with Crippen molar-refractivity contribution in [2.24, 2.45) is 0 Å². The second-order valence-electron chi connectivity index (χ2n) is 4.98. The highest BCUT2D eigenvalue weighted by molar-refractivity contribution is 5.24. The summed E-state index contributed by atoms with van der Waals surface area (Å²) in [4.78, 5) is 4.35. The lowest BCUT2D eigenvalue weighted by molar-refractivity contribution is -0.0490. The molecule has 3 fully saturated rings. The van der Waals surface area contributed by atoms with Crippen molar-refractivity contribution in [1.82, 2.24) is 9.80 Å². The molecule has 3 saturated heterocycles. The Morgan fingerprint density at radius 1 is 1.11 bits per heavy atom. The second kappa shape index (κ2) is 4.57. The van der Waals surface area contributed by atoms with Gasteiger partial charge in [0, 0.05) is 32.7 Å². The highest BCUT2D eigenvalue weighted by Gasteiger charge is 2.38. The zero-order valence-electron chi connectivity index (χ0n) is 10.0. The Morgan fingerprint density at radius 2 is 1.72 bits per heavy atom. The average molecular weight is 254 g/mol. The molecule has 0 radical (unpaired) electrons. The molecular weight excluding hydrogens is 238 g/mol. The first-order valence-electron chi connectivity index (χ1n) is 6.25. The molecule has 1 aromatic carbocycles. The van der Waals surface area contributed by atoms with Crippen LogP contribution in [0.2, 0.25) is 0 Å². The topological polar surface area (TPSA) is 26.7 Å². The molecule has 2 bridgehead atoms. The number of halogens is 2. The Hall–Kier alpha value is -1.04. The summed E-state index contributed by atoms with van der Waals surface area (Å²) >= 11 is 0. The number of piperazine rings is 3. The van der Waals surface area contributed by atoms with Crippen LogP contribution in [0, 0.1) is 11.6 Å². The number of aliphatic hydroxyl groups is 1. The first-order valence-corrected chi connectivity index (χ1v) is 6.25. The average Bonchev–Trinajstić information content (AvgIpc) is 2.39. The highest BCUT2D eigenvalue weighted by Crippen LogP contribution is 2.30. The van der Waals surface area contributed by atoms with Crippen LogP contribution >= 0.6 is 0 Å². The fourth-order valence-electron chi connectivity index (χ4n) is 2.94. The van der Waals surface area contributed by atoms with Crippen molar-refractivity contribution in [2.45, 2.75) is 12.1 Å². The third kappa shape index (κ3) is 1.92. The molecule has 3 nitrogen and oxygen atoms in total. The van der Waals surface area contributed by atoms with Gasteiger partial charge in [-0.2, -0.15) is 0 Å². The molecule has 18 heavy (non-hydrogen) atoms. The molecule has 3 heterocycles. The van der Waals surface area contributed by atoms with E-state index in [1.807, 2.05) is 0 Å². The molecule has 0 spiro atoms. The number of fused-ring (bicyclic) bond motifs is 3. The van der Waals surface area contributed by atoms with E-state index in [0.717, 1.165) is 26.2 Å². The van der Waals surface area contributed by atoms with Crippen molar-refractivity contribution in [2.75, 3.05) is 32.7 Å². The lowest BCUT2D eigenvalue weighted by Crippen LogP contribution is -2.62. The van der Waals surface area contributed by atoms with E-state index in [4.69, 9.17) is 0 Å². The van der Waals surface area contributed by atoms with Crippen LogP contribution in [-0.2, 0) is 0 Å². The lowest BCUT2D eigenvalue weighted by atomic mass is 9.96. The Balaban J connectivity index is 1.88. The van der Waals surface area contributed by atoms with Crippen LogP contribution in [0.5, 0.6) is 0 Å². The van der Waals surface area contributed by atoms with Gasteiger partial charge in [-0.05, 0) is 12.1 Å². The van der Waals surface area contributed by atoms with E-state index >= 15 is 0 Å². The molecule has 1 N–H and O–H groups in total. The lowest BCUT2D eigenvalue weighted by Gasteiger charge is -2.49. The fourth-order valence-corrected chi connectivity index (χ4v) is 2.94.